The molecule has 0 radical (unpaired) electrons. The molecule has 172 valence electrons. The maximum absolute atomic E-state index is 12.8. The van der Waals surface area contributed by atoms with Crippen molar-refractivity contribution in [1.29, 1.82) is 0 Å². The summed E-state index contributed by atoms with van der Waals surface area (Å²) in [7, 11) is 0. The number of aromatic nitrogens is 1. The number of carbonyl (C=O) groups excluding carboxylic acids is 2. The molecule has 0 aliphatic rings. The number of hydrogen-bond acceptors (Lipinski definition) is 5. The zero-order chi connectivity index (χ0) is 24.0. The number of carbonyl (C=O) groups is 4. The second-order valence-corrected chi connectivity index (χ2v) is 7.95. The summed E-state index contributed by atoms with van der Waals surface area (Å²) in [6.07, 6.45) is 0.916. The molecule has 0 fully saturated rings. The summed E-state index contributed by atoms with van der Waals surface area (Å²) in [6.45, 7) is 0. The number of carboxylic acids is 2. The quantitative estimate of drug-likeness (QED) is 0.250. The number of hydrogen-bond donors (Lipinski definition) is 6. The van der Waals surface area contributed by atoms with Gasteiger partial charge in [-0.05, 0) is 17.2 Å². The Balaban J connectivity index is 1.73. The Hall–Kier alpha value is -3.79. The highest BCUT2D eigenvalue weighted by Gasteiger charge is 2.30. The van der Waals surface area contributed by atoms with Gasteiger partial charge in [0.2, 0.25) is 11.8 Å². The van der Waals surface area contributed by atoms with E-state index in [-0.39, 0.29) is 6.42 Å². The van der Waals surface area contributed by atoms with Crippen molar-refractivity contribution in [1.82, 2.24) is 15.6 Å². The van der Waals surface area contributed by atoms with Gasteiger partial charge in [-0.1, -0.05) is 48.5 Å². The van der Waals surface area contributed by atoms with Gasteiger partial charge in [0.25, 0.3) is 0 Å². The fourth-order valence-electron chi connectivity index (χ4n) is 3.41. The van der Waals surface area contributed by atoms with E-state index >= 15 is 0 Å². The maximum Gasteiger partial charge on any atom is 0.326 e. The van der Waals surface area contributed by atoms with Crippen LogP contribution in [0.4, 0.5) is 0 Å². The van der Waals surface area contributed by atoms with E-state index in [4.69, 9.17) is 0 Å². The van der Waals surface area contributed by atoms with E-state index in [0.717, 1.165) is 10.9 Å². The highest BCUT2D eigenvalue weighted by Crippen LogP contribution is 2.21. The van der Waals surface area contributed by atoms with Crippen LogP contribution in [-0.2, 0) is 25.6 Å². The van der Waals surface area contributed by atoms with Crippen LogP contribution in [0.5, 0.6) is 0 Å². The Morgan fingerprint density at radius 3 is 2.18 bits per heavy atom. The first kappa shape index (κ1) is 23.9. The molecule has 0 aliphatic carbocycles. The summed E-state index contributed by atoms with van der Waals surface area (Å²) >= 11 is 4.26. The van der Waals surface area contributed by atoms with Crippen molar-refractivity contribution in [3.63, 3.8) is 0 Å². The average Bonchev–Trinajstić information content (AvgIpc) is 3.20. The van der Waals surface area contributed by atoms with E-state index in [0.29, 0.717) is 11.1 Å². The van der Waals surface area contributed by atoms with Crippen molar-refractivity contribution in [3.05, 3.63) is 71.9 Å². The molecule has 0 saturated carbocycles. The number of benzene rings is 2. The van der Waals surface area contributed by atoms with Gasteiger partial charge in [0, 0.05) is 23.5 Å². The Morgan fingerprint density at radius 1 is 0.879 bits per heavy atom. The van der Waals surface area contributed by atoms with Crippen molar-refractivity contribution in [3.8, 4) is 0 Å². The van der Waals surface area contributed by atoms with Crippen molar-refractivity contribution < 1.29 is 29.4 Å². The topological polar surface area (TPSA) is 149 Å². The van der Waals surface area contributed by atoms with Gasteiger partial charge in [-0.25, -0.2) is 4.79 Å². The molecule has 5 N–H and O–H groups in total. The number of fused-ring (bicyclic) bond motifs is 1. The monoisotopic (exact) mass is 469 g/mol. The molecule has 0 aliphatic heterocycles. The standard InChI is InChI=1S/C23H23N3O6S/c27-19(28)11-17(25-22(30)20(33)13-6-2-1-3-7-13)21(29)26-18(23(31)32)10-14-12-24-16-9-5-4-8-15(14)16/h1-9,12,17-18,20,24,33H,10-11H2,(H,25,30)(H,26,29)(H,27,28)(H,31,32)/t17?,18-,20?/m0/s1. The van der Waals surface area contributed by atoms with Gasteiger partial charge in [0.1, 0.15) is 17.3 Å². The van der Waals surface area contributed by atoms with Crippen molar-refractivity contribution in [2.75, 3.05) is 0 Å². The smallest absolute Gasteiger partial charge is 0.326 e. The molecule has 1 aromatic heterocycles. The van der Waals surface area contributed by atoms with Crippen LogP contribution in [0.25, 0.3) is 10.9 Å². The van der Waals surface area contributed by atoms with Gasteiger partial charge in [-0.2, -0.15) is 12.6 Å². The van der Waals surface area contributed by atoms with Gasteiger partial charge in [0.05, 0.1) is 6.42 Å². The van der Waals surface area contributed by atoms with E-state index in [9.17, 15) is 29.4 Å². The van der Waals surface area contributed by atoms with Crippen LogP contribution in [0.2, 0.25) is 0 Å². The Morgan fingerprint density at radius 2 is 1.52 bits per heavy atom. The summed E-state index contributed by atoms with van der Waals surface area (Å²) in [5.41, 5.74) is 2.06. The van der Waals surface area contributed by atoms with E-state index < -0.39 is 47.5 Å². The first-order chi connectivity index (χ1) is 15.8. The maximum atomic E-state index is 12.8. The molecular weight excluding hydrogens is 446 g/mol. The van der Waals surface area contributed by atoms with E-state index in [1.54, 1.807) is 36.5 Å². The first-order valence-corrected chi connectivity index (χ1v) is 10.6. The number of rotatable bonds is 10. The molecule has 0 spiro atoms. The van der Waals surface area contributed by atoms with E-state index in [2.05, 4.69) is 28.2 Å². The molecule has 2 amide bonds. The number of aliphatic carboxylic acids is 2. The summed E-state index contributed by atoms with van der Waals surface area (Å²) in [5, 5.41) is 23.4. The van der Waals surface area contributed by atoms with Crippen LogP contribution in [0.1, 0.15) is 22.8 Å². The summed E-state index contributed by atoms with van der Waals surface area (Å²) in [4.78, 5) is 51.5. The number of nitrogens with one attached hydrogen (secondary N) is 3. The van der Waals surface area contributed by atoms with Crippen molar-refractivity contribution >= 4 is 47.3 Å². The van der Waals surface area contributed by atoms with Crippen molar-refractivity contribution in [2.24, 2.45) is 0 Å². The first-order valence-electron chi connectivity index (χ1n) is 10.1. The van der Waals surface area contributed by atoms with Crippen LogP contribution in [0.15, 0.2) is 60.8 Å². The van der Waals surface area contributed by atoms with Crippen LogP contribution in [0.3, 0.4) is 0 Å². The zero-order valence-corrected chi connectivity index (χ0v) is 18.3. The third-order valence-electron chi connectivity index (χ3n) is 5.09. The fraction of sp³-hybridized carbons (Fsp3) is 0.217. The molecule has 0 bridgehead atoms. The lowest BCUT2D eigenvalue weighted by Crippen LogP contribution is -2.53. The molecule has 3 aromatic rings. The van der Waals surface area contributed by atoms with Gasteiger partial charge in [-0.15, -0.1) is 0 Å². The van der Waals surface area contributed by atoms with Crippen LogP contribution < -0.4 is 10.6 Å². The van der Waals surface area contributed by atoms with Gasteiger partial charge < -0.3 is 25.8 Å². The lowest BCUT2D eigenvalue weighted by Gasteiger charge is -2.22. The third kappa shape index (κ3) is 6.13. The van der Waals surface area contributed by atoms with E-state index in [1.807, 2.05) is 24.3 Å². The minimum atomic E-state index is -1.47. The predicted molar refractivity (Wildman–Crippen MR) is 124 cm³/mol. The Bertz CT molecular complexity index is 1160. The zero-order valence-electron chi connectivity index (χ0n) is 17.4. The molecule has 9 nitrogen and oxygen atoms in total. The number of H-pyrrole nitrogens is 1. The lowest BCUT2D eigenvalue weighted by atomic mass is 10.0. The number of aromatic amines is 1. The van der Waals surface area contributed by atoms with Gasteiger partial charge >= 0.3 is 11.9 Å². The van der Waals surface area contributed by atoms with Crippen LogP contribution in [-0.4, -0.2) is 51.0 Å². The fourth-order valence-corrected chi connectivity index (χ4v) is 3.66. The van der Waals surface area contributed by atoms with E-state index in [1.165, 1.54) is 0 Å². The van der Waals surface area contributed by atoms with Gasteiger partial charge in [0.15, 0.2) is 0 Å². The second kappa shape index (κ2) is 10.7. The summed E-state index contributed by atoms with van der Waals surface area (Å²) < 4.78 is 0. The minimum absolute atomic E-state index is 0.0297. The molecule has 2 unspecified atom stereocenters. The third-order valence-corrected chi connectivity index (χ3v) is 5.62. The highest BCUT2D eigenvalue weighted by molar-refractivity contribution is 7.81. The van der Waals surface area contributed by atoms with Crippen LogP contribution in [0, 0.1) is 0 Å². The number of carboxylic acid groups (broad SMARTS) is 2. The van der Waals surface area contributed by atoms with Gasteiger partial charge in [-0.3, -0.25) is 14.4 Å². The molecule has 2 aromatic carbocycles. The molecule has 33 heavy (non-hydrogen) atoms. The second-order valence-electron chi connectivity index (χ2n) is 7.44. The average molecular weight is 470 g/mol. The number of para-hydroxylation sites is 1. The molecular formula is C23H23N3O6S. The number of thiol groups is 1. The number of amides is 2. The molecule has 3 atom stereocenters. The Kier molecular flexibility index (Phi) is 7.73. The van der Waals surface area contributed by atoms with Crippen molar-refractivity contribution in [2.45, 2.75) is 30.2 Å². The molecule has 10 heteroatoms. The normalized spacial score (nSPS) is 13.6. The largest absolute Gasteiger partial charge is 0.481 e. The molecule has 0 saturated heterocycles. The predicted octanol–water partition coefficient (Wildman–Crippen LogP) is 1.91. The van der Waals surface area contributed by atoms with Crippen LogP contribution >= 0.6 is 12.6 Å². The molecule has 3 rings (SSSR count). The highest BCUT2D eigenvalue weighted by atomic mass is 32.1. The Labute approximate surface area is 194 Å². The minimum Gasteiger partial charge on any atom is -0.481 e. The lowest BCUT2D eigenvalue weighted by molar-refractivity contribution is -0.143. The SMILES string of the molecule is O=C(O)CC(NC(=O)C(S)c1ccccc1)C(=O)N[C@@H](Cc1c[nH]c2ccccc12)C(=O)O. The summed E-state index contributed by atoms with van der Waals surface area (Å²) in [5.74, 6) is -4.19. The summed E-state index contributed by atoms with van der Waals surface area (Å²) in [6, 6.07) is 13.1. The molecule has 1 heterocycles.